The second kappa shape index (κ2) is 6.47. The number of rotatable bonds is 4. The smallest absolute Gasteiger partial charge is 0.201 e. The summed E-state index contributed by atoms with van der Waals surface area (Å²) >= 11 is 3.38. The quantitative estimate of drug-likeness (QED) is 0.439. The van der Waals surface area contributed by atoms with Crippen LogP contribution in [0, 0.1) is 16.7 Å². The van der Waals surface area contributed by atoms with E-state index in [-0.39, 0.29) is 5.71 Å². The van der Waals surface area contributed by atoms with Crippen LogP contribution in [0.2, 0.25) is 0 Å². The van der Waals surface area contributed by atoms with Crippen molar-refractivity contribution in [3.05, 3.63) is 28.2 Å². The van der Waals surface area contributed by atoms with Gasteiger partial charge in [0.2, 0.25) is 5.71 Å². The van der Waals surface area contributed by atoms with Gasteiger partial charge in [-0.3, -0.25) is 10.8 Å². The summed E-state index contributed by atoms with van der Waals surface area (Å²) in [6.07, 6.45) is -0.403. The number of nitrogens with two attached hydrogens (primary N) is 1. The van der Waals surface area contributed by atoms with Gasteiger partial charge < -0.3 is 15.2 Å². The van der Waals surface area contributed by atoms with Crippen LogP contribution < -0.4 is 11.2 Å². The first kappa shape index (κ1) is 14.5. The van der Waals surface area contributed by atoms with Crippen molar-refractivity contribution in [2.24, 2.45) is 10.8 Å². The molecule has 8 heteroatoms. The molecule has 1 fully saturated rings. The number of hydrogen-bond donors (Lipinski definition) is 3. The Kier molecular flexibility index (Phi) is 4.68. The molecule has 0 atom stereocenters. The Hall–Kier alpha value is -1.95. The van der Waals surface area contributed by atoms with Gasteiger partial charge in [0.05, 0.1) is 18.9 Å². The van der Waals surface area contributed by atoms with Crippen molar-refractivity contribution in [2.75, 3.05) is 18.6 Å². The van der Waals surface area contributed by atoms with Gasteiger partial charge in [-0.15, -0.1) is 0 Å². The molecule has 2 rings (SSSR count). The van der Waals surface area contributed by atoms with Crippen LogP contribution in [-0.4, -0.2) is 24.8 Å². The summed E-state index contributed by atoms with van der Waals surface area (Å²) in [5, 5.41) is 19.7. The molecule has 1 aromatic rings. The average Bonchev–Trinajstić information content (AvgIpc) is 2.92. The highest BCUT2D eigenvalue weighted by Gasteiger charge is 2.19. The molecule has 1 saturated heterocycles. The zero-order chi connectivity index (χ0) is 14.5. The molecule has 0 saturated carbocycles. The van der Waals surface area contributed by atoms with Crippen molar-refractivity contribution >= 4 is 33.2 Å². The van der Waals surface area contributed by atoms with E-state index in [1.54, 1.807) is 18.2 Å². The Balaban J connectivity index is 2.20. The fraction of sp³-hybridized carbons (Fsp3) is 0.250. The van der Waals surface area contributed by atoms with Crippen LogP contribution in [0.1, 0.15) is 11.9 Å². The largest absolute Gasteiger partial charge is 0.382 e. The van der Waals surface area contributed by atoms with Gasteiger partial charge in [0.15, 0.2) is 12.1 Å². The van der Waals surface area contributed by atoms with Gasteiger partial charge in [-0.2, -0.15) is 10.4 Å². The van der Waals surface area contributed by atoms with E-state index in [2.05, 4.69) is 26.5 Å². The van der Waals surface area contributed by atoms with E-state index in [0.29, 0.717) is 18.9 Å². The number of hydrogen-bond acceptors (Lipinski definition) is 6. The lowest BCUT2D eigenvalue weighted by Crippen LogP contribution is -2.21. The summed E-state index contributed by atoms with van der Waals surface area (Å²) in [6.45, 7) is 1.11. The molecule has 1 aliphatic rings. The number of halogens is 1. The van der Waals surface area contributed by atoms with Gasteiger partial charge in [-0.05, 0) is 18.2 Å². The van der Waals surface area contributed by atoms with E-state index >= 15 is 0 Å². The number of nitriles is 1. The average molecular weight is 338 g/mol. The molecule has 0 aromatic heterocycles. The molecule has 20 heavy (non-hydrogen) atoms. The molecular weight excluding hydrogens is 326 g/mol. The highest BCUT2D eigenvalue weighted by atomic mass is 79.9. The highest BCUT2D eigenvalue weighted by Crippen LogP contribution is 2.29. The molecule has 104 valence electrons. The van der Waals surface area contributed by atoms with E-state index in [4.69, 9.17) is 25.9 Å². The SMILES string of the molecule is N#C/C(=N\Nc1cc(Br)cc(C2OCCO2)c1)C(=N)N. The van der Waals surface area contributed by atoms with Crippen LogP contribution >= 0.6 is 15.9 Å². The first-order chi connectivity index (χ1) is 9.60. The first-order valence-corrected chi connectivity index (χ1v) is 6.51. The van der Waals surface area contributed by atoms with Crippen LogP contribution in [0.5, 0.6) is 0 Å². The van der Waals surface area contributed by atoms with Crippen molar-refractivity contribution in [1.29, 1.82) is 10.7 Å². The maximum Gasteiger partial charge on any atom is 0.201 e. The Morgan fingerprint density at radius 2 is 2.15 bits per heavy atom. The van der Waals surface area contributed by atoms with Gasteiger partial charge in [0.1, 0.15) is 6.07 Å². The molecule has 7 nitrogen and oxygen atoms in total. The molecule has 0 spiro atoms. The summed E-state index contributed by atoms with van der Waals surface area (Å²) in [5.74, 6) is -0.391. The van der Waals surface area contributed by atoms with Crippen LogP contribution in [0.4, 0.5) is 5.69 Å². The number of nitrogens with zero attached hydrogens (tertiary/aromatic N) is 2. The van der Waals surface area contributed by atoms with Gasteiger partial charge in [0, 0.05) is 10.0 Å². The Labute approximate surface area is 124 Å². The molecule has 0 radical (unpaired) electrons. The molecule has 0 amide bonds. The predicted molar refractivity (Wildman–Crippen MR) is 77.4 cm³/mol. The molecule has 1 heterocycles. The van der Waals surface area contributed by atoms with Crippen molar-refractivity contribution in [1.82, 2.24) is 0 Å². The zero-order valence-corrected chi connectivity index (χ0v) is 12.0. The lowest BCUT2D eigenvalue weighted by molar-refractivity contribution is -0.0441. The summed E-state index contributed by atoms with van der Waals surface area (Å²) in [6, 6.07) is 7.17. The molecule has 1 aliphatic heterocycles. The summed E-state index contributed by atoms with van der Waals surface area (Å²) < 4.78 is 11.7. The molecule has 0 bridgehead atoms. The minimum absolute atomic E-state index is 0.181. The van der Waals surface area contributed by atoms with Crippen molar-refractivity contribution in [3.63, 3.8) is 0 Å². The number of benzene rings is 1. The van der Waals surface area contributed by atoms with Crippen molar-refractivity contribution in [2.45, 2.75) is 6.29 Å². The standard InChI is InChI=1S/C12H12BrN5O2/c13-8-3-7(12-19-1-2-20-12)4-9(5-8)17-18-10(6-14)11(15)16/h3-5,12,17H,1-2H2,(H3,15,16)/b18-10+. The third kappa shape index (κ3) is 3.54. The minimum atomic E-state index is -0.403. The third-order valence-electron chi connectivity index (χ3n) is 2.47. The number of nitrogens with one attached hydrogen (secondary N) is 2. The van der Waals surface area contributed by atoms with Gasteiger partial charge in [-0.1, -0.05) is 15.9 Å². The first-order valence-electron chi connectivity index (χ1n) is 5.72. The van der Waals surface area contributed by atoms with Crippen molar-refractivity contribution < 1.29 is 9.47 Å². The van der Waals surface area contributed by atoms with Crippen LogP contribution in [0.25, 0.3) is 0 Å². The maximum atomic E-state index is 8.77. The number of amidine groups is 1. The monoisotopic (exact) mass is 337 g/mol. The minimum Gasteiger partial charge on any atom is -0.382 e. The second-order valence-corrected chi connectivity index (χ2v) is 4.86. The van der Waals surface area contributed by atoms with Gasteiger partial charge >= 0.3 is 0 Å². The van der Waals surface area contributed by atoms with Crippen LogP contribution in [-0.2, 0) is 9.47 Å². The van der Waals surface area contributed by atoms with E-state index < -0.39 is 12.1 Å². The second-order valence-electron chi connectivity index (χ2n) is 3.94. The third-order valence-corrected chi connectivity index (χ3v) is 2.93. The molecule has 1 aromatic carbocycles. The Bertz CT molecular complexity index is 590. The lowest BCUT2D eigenvalue weighted by Gasteiger charge is -2.11. The molecule has 0 aliphatic carbocycles. The summed E-state index contributed by atoms with van der Waals surface area (Å²) in [4.78, 5) is 0. The maximum absolute atomic E-state index is 8.77. The Morgan fingerprint density at radius 1 is 1.45 bits per heavy atom. The summed E-state index contributed by atoms with van der Waals surface area (Å²) in [5.41, 5.74) is 9.17. The fourth-order valence-corrected chi connectivity index (χ4v) is 2.14. The fourth-order valence-electron chi connectivity index (χ4n) is 1.63. The van der Waals surface area contributed by atoms with E-state index in [9.17, 15) is 0 Å². The molecule has 0 unspecified atom stereocenters. The number of anilines is 1. The van der Waals surface area contributed by atoms with E-state index in [1.165, 1.54) is 0 Å². The molecule has 4 N–H and O–H groups in total. The predicted octanol–water partition coefficient (Wildman–Crippen LogP) is 1.72. The highest BCUT2D eigenvalue weighted by molar-refractivity contribution is 9.10. The van der Waals surface area contributed by atoms with E-state index in [0.717, 1.165) is 10.0 Å². The number of hydrazone groups is 1. The van der Waals surface area contributed by atoms with Crippen LogP contribution in [0.15, 0.2) is 27.8 Å². The zero-order valence-electron chi connectivity index (χ0n) is 10.4. The summed E-state index contributed by atoms with van der Waals surface area (Å²) in [7, 11) is 0. The van der Waals surface area contributed by atoms with E-state index in [1.807, 2.05) is 6.07 Å². The Morgan fingerprint density at radius 3 is 2.75 bits per heavy atom. The van der Waals surface area contributed by atoms with Gasteiger partial charge in [0.25, 0.3) is 0 Å². The topological polar surface area (TPSA) is 117 Å². The normalized spacial score (nSPS) is 15.9. The molecular formula is C12H12BrN5O2. The lowest BCUT2D eigenvalue weighted by atomic mass is 10.2. The van der Waals surface area contributed by atoms with Crippen LogP contribution in [0.3, 0.4) is 0 Å². The number of ether oxygens (including phenoxy) is 2. The van der Waals surface area contributed by atoms with Gasteiger partial charge in [-0.25, -0.2) is 0 Å². The van der Waals surface area contributed by atoms with Crippen molar-refractivity contribution in [3.8, 4) is 6.07 Å².